The predicted molar refractivity (Wildman–Crippen MR) is 65.1 cm³/mol. The largest absolute Gasteiger partial charge is 0.354 e. The maximum atomic E-state index is 5.96. The van der Waals surface area contributed by atoms with Gasteiger partial charge in [-0.3, -0.25) is 0 Å². The third kappa shape index (κ3) is 2.55. The first-order chi connectivity index (χ1) is 7.48. The van der Waals surface area contributed by atoms with Crippen LogP contribution in [0.4, 0.5) is 5.82 Å². The van der Waals surface area contributed by atoms with Gasteiger partial charge < -0.3 is 4.90 Å². The van der Waals surface area contributed by atoms with Gasteiger partial charge in [0, 0.05) is 13.1 Å². The van der Waals surface area contributed by atoms with E-state index < -0.39 is 0 Å². The van der Waals surface area contributed by atoms with Crippen LogP contribution in [-0.4, -0.2) is 28.3 Å². The standard InChI is InChI=1S/C10H14Cl2N4/c1-10(2)3-5-16(6-4-10)8-7(11)14-15-9(12)13-8/h3-6H2,1-2H3. The molecule has 0 spiro atoms. The summed E-state index contributed by atoms with van der Waals surface area (Å²) < 4.78 is 0. The molecule has 0 saturated carbocycles. The van der Waals surface area contributed by atoms with E-state index in [1.807, 2.05) is 0 Å². The number of halogens is 2. The molecule has 0 aliphatic carbocycles. The molecule has 2 heterocycles. The lowest BCUT2D eigenvalue weighted by Gasteiger charge is -2.37. The number of nitrogens with zero attached hydrogens (tertiary/aromatic N) is 4. The van der Waals surface area contributed by atoms with Gasteiger partial charge in [-0.15, -0.1) is 10.2 Å². The average molecular weight is 261 g/mol. The molecule has 1 aromatic rings. The minimum Gasteiger partial charge on any atom is -0.354 e. The van der Waals surface area contributed by atoms with E-state index >= 15 is 0 Å². The van der Waals surface area contributed by atoms with E-state index in [9.17, 15) is 0 Å². The lowest BCUT2D eigenvalue weighted by molar-refractivity contribution is 0.279. The van der Waals surface area contributed by atoms with Crippen molar-refractivity contribution >= 4 is 29.0 Å². The van der Waals surface area contributed by atoms with Crippen LogP contribution in [0.2, 0.25) is 10.4 Å². The SMILES string of the molecule is CC1(C)CCN(c2nc(Cl)nnc2Cl)CC1. The first kappa shape index (κ1) is 11.9. The zero-order valence-electron chi connectivity index (χ0n) is 9.37. The Kier molecular flexibility index (Phi) is 3.22. The molecule has 4 nitrogen and oxygen atoms in total. The summed E-state index contributed by atoms with van der Waals surface area (Å²) in [4.78, 5) is 6.25. The highest BCUT2D eigenvalue weighted by Crippen LogP contribution is 2.33. The van der Waals surface area contributed by atoms with Gasteiger partial charge in [0.1, 0.15) is 0 Å². The maximum absolute atomic E-state index is 5.96. The van der Waals surface area contributed by atoms with E-state index in [-0.39, 0.29) is 5.28 Å². The molecule has 88 valence electrons. The monoisotopic (exact) mass is 260 g/mol. The Morgan fingerprint density at radius 2 is 1.75 bits per heavy atom. The fourth-order valence-electron chi connectivity index (χ4n) is 1.81. The Labute approximate surface area is 105 Å². The summed E-state index contributed by atoms with van der Waals surface area (Å²) in [7, 11) is 0. The molecule has 0 bridgehead atoms. The van der Waals surface area contributed by atoms with Crippen molar-refractivity contribution in [3.05, 3.63) is 10.4 Å². The molecule has 0 N–H and O–H groups in total. The summed E-state index contributed by atoms with van der Waals surface area (Å²) in [6.07, 6.45) is 2.23. The van der Waals surface area contributed by atoms with Crippen LogP contribution < -0.4 is 4.90 Å². The van der Waals surface area contributed by atoms with Crippen LogP contribution in [0.3, 0.4) is 0 Å². The minimum absolute atomic E-state index is 0.143. The first-order valence-corrected chi connectivity index (χ1v) is 6.04. The van der Waals surface area contributed by atoms with Crippen LogP contribution in [0.15, 0.2) is 0 Å². The zero-order valence-corrected chi connectivity index (χ0v) is 10.9. The molecule has 6 heteroatoms. The molecular formula is C10H14Cl2N4. The third-order valence-electron chi connectivity index (χ3n) is 3.02. The van der Waals surface area contributed by atoms with Crippen molar-refractivity contribution in [1.29, 1.82) is 0 Å². The van der Waals surface area contributed by atoms with Crippen LogP contribution in [0.5, 0.6) is 0 Å². The van der Waals surface area contributed by atoms with Crippen molar-refractivity contribution in [1.82, 2.24) is 15.2 Å². The molecule has 1 saturated heterocycles. The Morgan fingerprint density at radius 3 is 2.38 bits per heavy atom. The Bertz CT molecular complexity index is 384. The van der Waals surface area contributed by atoms with Crippen molar-refractivity contribution < 1.29 is 0 Å². The third-order valence-corrected chi connectivity index (χ3v) is 3.42. The average Bonchev–Trinajstić information content (AvgIpc) is 2.22. The van der Waals surface area contributed by atoms with Gasteiger partial charge in [0.25, 0.3) is 0 Å². The molecule has 1 aliphatic heterocycles. The fourth-order valence-corrected chi connectivity index (χ4v) is 2.13. The molecule has 0 radical (unpaired) electrons. The molecule has 2 rings (SSSR count). The Hall–Kier alpha value is -0.610. The summed E-state index contributed by atoms with van der Waals surface area (Å²) in [5, 5.41) is 7.84. The quantitative estimate of drug-likeness (QED) is 0.779. The van der Waals surface area contributed by atoms with E-state index in [1.54, 1.807) is 0 Å². The van der Waals surface area contributed by atoms with Crippen molar-refractivity contribution in [3.8, 4) is 0 Å². The van der Waals surface area contributed by atoms with Crippen LogP contribution in [-0.2, 0) is 0 Å². The molecular weight excluding hydrogens is 247 g/mol. The molecule has 1 aromatic heterocycles. The van der Waals surface area contributed by atoms with Gasteiger partial charge >= 0.3 is 0 Å². The van der Waals surface area contributed by atoms with Crippen LogP contribution in [0.1, 0.15) is 26.7 Å². The van der Waals surface area contributed by atoms with Crippen molar-refractivity contribution in [2.24, 2.45) is 5.41 Å². The number of aromatic nitrogens is 3. The number of rotatable bonds is 1. The van der Waals surface area contributed by atoms with Gasteiger partial charge in [-0.05, 0) is 29.9 Å². The maximum Gasteiger partial charge on any atom is 0.245 e. The first-order valence-electron chi connectivity index (χ1n) is 5.29. The van der Waals surface area contributed by atoms with Crippen molar-refractivity contribution in [2.75, 3.05) is 18.0 Å². The number of piperidine rings is 1. The summed E-state index contributed by atoms with van der Waals surface area (Å²) >= 11 is 11.7. The second-order valence-electron chi connectivity index (χ2n) is 4.85. The minimum atomic E-state index is 0.143. The predicted octanol–water partition coefficient (Wildman–Crippen LogP) is 2.80. The second-order valence-corrected chi connectivity index (χ2v) is 5.54. The lowest BCUT2D eigenvalue weighted by Crippen LogP contribution is -2.38. The van der Waals surface area contributed by atoms with Crippen molar-refractivity contribution in [2.45, 2.75) is 26.7 Å². The summed E-state index contributed by atoms with van der Waals surface area (Å²) in [6.45, 7) is 6.41. The second kappa shape index (κ2) is 4.34. The lowest BCUT2D eigenvalue weighted by atomic mass is 9.83. The van der Waals surface area contributed by atoms with Gasteiger partial charge in [0.05, 0.1) is 0 Å². The van der Waals surface area contributed by atoms with E-state index in [2.05, 4.69) is 33.9 Å². The molecule has 0 atom stereocenters. The van der Waals surface area contributed by atoms with Gasteiger partial charge in [0.2, 0.25) is 5.28 Å². The van der Waals surface area contributed by atoms with E-state index in [0.29, 0.717) is 16.4 Å². The van der Waals surface area contributed by atoms with Crippen LogP contribution >= 0.6 is 23.2 Å². The molecule has 16 heavy (non-hydrogen) atoms. The number of hydrogen-bond donors (Lipinski definition) is 0. The zero-order chi connectivity index (χ0) is 11.8. The fraction of sp³-hybridized carbons (Fsp3) is 0.700. The van der Waals surface area contributed by atoms with Gasteiger partial charge in [-0.25, -0.2) is 0 Å². The molecule has 1 fully saturated rings. The van der Waals surface area contributed by atoms with Gasteiger partial charge in [-0.2, -0.15) is 4.98 Å². The molecule has 0 amide bonds. The smallest absolute Gasteiger partial charge is 0.245 e. The van der Waals surface area contributed by atoms with Gasteiger partial charge in [0.15, 0.2) is 11.0 Å². The number of anilines is 1. The summed E-state index contributed by atoms with van der Waals surface area (Å²) in [5.74, 6) is 0.650. The van der Waals surface area contributed by atoms with Crippen molar-refractivity contribution in [3.63, 3.8) is 0 Å². The Morgan fingerprint density at radius 1 is 1.12 bits per heavy atom. The highest BCUT2D eigenvalue weighted by atomic mass is 35.5. The highest BCUT2D eigenvalue weighted by molar-refractivity contribution is 6.32. The Balaban J connectivity index is 2.17. The molecule has 1 aliphatic rings. The van der Waals surface area contributed by atoms with Crippen LogP contribution in [0, 0.1) is 5.41 Å². The van der Waals surface area contributed by atoms with Crippen LogP contribution in [0.25, 0.3) is 0 Å². The molecule has 0 unspecified atom stereocenters. The number of hydrogen-bond acceptors (Lipinski definition) is 4. The van der Waals surface area contributed by atoms with E-state index in [4.69, 9.17) is 23.2 Å². The molecule has 0 aromatic carbocycles. The summed E-state index contributed by atoms with van der Waals surface area (Å²) in [5.41, 5.74) is 0.396. The van der Waals surface area contributed by atoms with E-state index in [0.717, 1.165) is 25.9 Å². The topological polar surface area (TPSA) is 41.9 Å². The normalized spacial score (nSPS) is 19.9. The van der Waals surface area contributed by atoms with Gasteiger partial charge in [-0.1, -0.05) is 25.4 Å². The van der Waals surface area contributed by atoms with E-state index in [1.165, 1.54) is 0 Å². The summed E-state index contributed by atoms with van der Waals surface area (Å²) in [6, 6.07) is 0. The highest BCUT2D eigenvalue weighted by Gasteiger charge is 2.27.